The first-order valence-electron chi connectivity index (χ1n) is 9.68. The lowest BCUT2D eigenvalue weighted by Gasteiger charge is -2.11. The molecule has 0 radical (unpaired) electrons. The minimum absolute atomic E-state index is 0.0282. The molecule has 4 aromatic rings. The first-order chi connectivity index (χ1) is 16.3. The molecule has 0 aliphatic heterocycles. The van der Waals surface area contributed by atoms with E-state index in [1.807, 2.05) is 0 Å². The number of ether oxygens (including phenoxy) is 1. The van der Waals surface area contributed by atoms with Gasteiger partial charge >= 0.3 is 5.91 Å². The van der Waals surface area contributed by atoms with Crippen LogP contribution in [0.2, 0.25) is 0 Å². The third-order valence-corrected chi connectivity index (χ3v) is 5.81. The van der Waals surface area contributed by atoms with Crippen LogP contribution in [0.5, 0.6) is 5.75 Å². The minimum Gasteiger partial charge on any atom is -0.487 e. The van der Waals surface area contributed by atoms with Gasteiger partial charge in [0.25, 0.3) is 5.69 Å². The number of halogens is 3. The van der Waals surface area contributed by atoms with Crippen LogP contribution in [0.15, 0.2) is 79.1 Å². The van der Waals surface area contributed by atoms with E-state index >= 15 is 0 Å². The molecule has 0 fully saturated rings. The second-order valence-electron chi connectivity index (χ2n) is 7.02. The molecule has 1 N–H and O–H groups in total. The normalized spacial score (nSPS) is 11.1. The Balaban J connectivity index is 1.41. The molecule has 0 saturated carbocycles. The highest BCUT2D eigenvalue weighted by molar-refractivity contribution is 9.11. The molecule has 172 valence electrons. The fourth-order valence-corrected chi connectivity index (χ4v) is 4.46. The van der Waals surface area contributed by atoms with Gasteiger partial charge in [-0.25, -0.2) is 9.82 Å². The Morgan fingerprint density at radius 2 is 1.82 bits per heavy atom. The van der Waals surface area contributed by atoms with Crippen molar-refractivity contribution in [1.29, 1.82) is 0 Å². The number of amides is 1. The number of benzene rings is 3. The number of carbonyl (C=O) groups is 1. The molecule has 1 amide bonds. The molecule has 4 rings (SSSR count). The predicted molar refractivity (Wildman–Crippen MR) is 131 cm³/mol. The lowest BCUT2D eigenvalue weighted by Crippen LogP contribution is -2.16. The molecule has 0 spiro atoms. The van der Waals surface area contributed by atoms with Gasteiger partial charge in [-0.3, -0.25) is 14.9 Å². The van der Waals surface area contributed by atoms with E-state index in [4.69, 9.17) is 9.15 Å². The summed E-state index contributed by atoms with van der Waals surface area (Å²) in [5.74, 6) is -0.389. The molecule has 0 atom stereocenters. The summed E-state index contributed by atoms with van der Waals surface area (Å²) >= 11 is 6.90. The number of furan rings is 1. The van der Waals surface area contributed by atoms with Gasteiger partial charge in [-0.2, -0.15) is 5.10 Å². The average molecular weight is 591 g/mol. The molecule has 11 heteroatoms. The fourth-order valence-electron chi connectivity index (χ4n) is 3.00. The summed E-state index contributed by atoms with van der Waals surface area (Å²) in [6.07, 6.45) is 1.44. The molecule has 8 nitrogen and oxygen atoms in total. The summed E-state index contributed by atoms with van der Waals surface area (Å²) in [6.45, 7) is 0.252. The van der Waals surface area contributed by atoms with Crippen molar-refractivity contribution in [2.45, 2.75) is 6.61 Å². The number of hydrogen-bond donors (Lipinski definition) is 1. The fraction of sp³-hybridized carbons (Fsp3) is 0.0435. The summed E-state index contributed by atoms with van der Waals surface area (Å²) in [7, 11) is 0. The first-order valence-corrected chi connectivity index (χ1v) is 11.3. The van der Waals surface area contributed by atoms with E-state index in [0.717, 1.165) is 5.56 Å². The Bertz CT molecular complexity index is 1400. The zero-order chi connectivity index (χ0) is 24.2. The lowest BCUT2D eigenvalue weighted by molar-refractivity contribution is -0.384. The second-order valence-corrected chi connectivity index (χ2v) is 8.73. The van der Waals surface area contributed by atoms with E-state index in [0.29, 0.717) is 31.2 Å². The van der Waals surface area contributed by atoms with E-state index in [9.17, 15) is 19.3 Å². The molecular formula is C23H14Br2FN3O5. The zero-order valence-electron chi connectivity index (χ0n) is 17.1. The Labute approximate surface area is 208 Å². The van der Waals surface area contributed by atoms with Crippen LogP contribution in [-0.4, -0.2) is 17.0 Å². The Hall–Kier alpha value is -3.57. The van der Waals surface area contributed by atoms with Crippen molar-refractivity contribution in [3.63, 3.8) is 0 Å². The van der Waals surface area contributed by atoms with Crippen molar-refractivity contribution >= 4 is 60.6 Å². The SMILES string of the molecule is O=C(N/N=C/c1cc(Br)c(OCc2ccc(F)cc2)c(Br)c1)c1cc2cc([N+](=O)[O-])ccc2o1. The number of nitrogens with zero attached hydrogens (tertiary/aromatic N) is 2. The molecule has 0 bridgehead atoms. The standard InChI is InChI=1S/C23H14Br2FN3O5/c24-18-7-14(8-19(25)22(18)33-12-13-1-3-16(26)4-2-13)11-27-28-23(30)21-10-15-9-17(29(31)32)5-6-20(15)34-21/h1-11H,12H2,(H,28,30)/b27-11+. The summed E-state index contributed by atoms with van der Waals surface area (Å²) in [5.41, 5.74) is 4.09. The van der Waals surface area contributed by atoms with E-state index in [2.05, 4.69) is 42.4 Å². The highest BCUT2D eigenvalue weighted by atomic mass is 79.9. The molecule has 3 aromatic carbocycles. The van der Waals surface area contributed by atoms with Gasteiger partial charge in [0.05, 0.1) is 20.1 Å². The molecule has 0 aliphatic rings. The molecule has 34 heavy (non-hydrogen) atoms. The smallest absolute Gasteiger partial charge is 0.307 e. The third-order valence-electron chi connectivity index (χ3n) is 4.63. The van der Waals surface area contributed by atoms with Crippen molar-refractivity contribution in [2.24, 2.45) is 5.10 Å². The number of hydrazone groups is 1. The Morgan fingerprint density at radius 3 is 2.50 bits per heavy atom. The lowest BCUT2D eigenvalue weighted by atomic mass is 10.2. The third kappa shape index (κ3) is 5.49. The molecule has 0 saturated heterocycles. The van der Waals surface area contributed by atoms with Gasteiger partial charge in [-0.1, -0.05) is 12.1 Å². The van der Waals surface area contributed by atoms with Crippen LogP contribution in [0.3, 0.4) is 0 Å². The van der Waals surface area contributed by atoms with Gasteiger partial charge in [0.2, 0.25) is 0 Å². The summed E-state index contributed by atoms with van der Waals surface area (Å²) in [4.78, 5) is 22.7. The van der Waals surface area contributed by atoms with E-state index in [1.54, 1.807) is 24.3 Å². The maximum atomic E-state index is 13.0. The van der Waals surface area contributed by atoms with Gasteiger partial charge in [0, 0.05) is 17.5 Å². The molecule has 0 unspecified atom stereocenters. The predicted octanol–water partition coefficient (Wildman–Crippen LogP) is 6.35. The second kappa shape index (κ2) is 10.1. The summed E-state index contributed by atoms with van der Waals surface area (Å²) in [5, 5.41) is 15.3. The van der Waals surface area contributed by atoms with Gasteiger partial charge in [-0.15, -0.1) is 0 Å². The zero-order valence-corrected chi connectivity index (χ0v) is 20.3. The first kappa shape index (κ1) is 23.6. The maximum absolute atomic E-state index is 13.0. The highest BCUT2D eigenvalue weighted by Crippen LogP contribution is 2.35. The number of nitro benzene ring substituents is 1. The molecule has 0 aliphatic carbocycles. The quantitative estimate of drug-likeness (QED) is 0.153. The molecule has 1 heterocycles. The largest absolute Gasteiger partial charge is 0.487 e. The summed E-state index contributed by atoms with van der Waals surface area (Å²) in [6, 6.07) is 15.0. The van der Waals surface area contributed by atoms with Crippen LogP contribution >= 0.6 is 31.9 Å². The average Bonchev–Trinajstić information content (AvgIpc) is 3.23. The van der Waals surface area contributed by atoms with Crippen molar-refractivity contribution in [3.05, 3.63) is 102 Å². The van der Waals surface area contributed by atoms with Crippen LogP contribution < -0.4 is 10.2 Å². The van der Waals surface area contributed by atoms with Crippen LogP contribution in [0.1, 0.15) is 21.7 Å². The number of hydrogen-bond acceptors (Lipinski definition) is 6. The van der Waals surface area contributed by atoms with Crippen LogP contribution in [0, 0.1) is 15.9 Å². The van der Waals surface area contributed by atoms with E-state index in [-0.39, 0.29) is 23.9 Å². The van der Waals surface area contributed by atoms with Gasteiger partial charge in [0.15, 0.2) is 5.76 Å². The summed E-state index contributed by atoms with van der Waals surface area (Å²) < 4.78 is 25.6. The number of nitrogens with one attached hydrogen (secondary N) is 1. The molecular weight excluding hydrogens is 577 g/mol. The van der Waals surface area contributed by atoms with Crippen molar-refractivity contribution in [1.82, 2.24) is 5.43 Å². The van der Waals surface area contributed by atoms with Crippen molar-refractivity contribution in [2.75, 3.05) is 0 Å². The van der Waals surface area contributed by atoms with Crippen LogP contribution in [0.4, 0.5) is 10.1 Å². The topological polar surface area (TPSA) is 107 Å². The van der Waals surface area contributed by atoms with Crippen LogP contribution in [-0.2, 0) is 6.61 Å². The molecule has 1 aromatic heterocycles. The van der Waals surface area contributed by atoms with Crippen molar-refractivity contribution < 1.29 is 23.3 Å². The number of non-ortho nitro benzene ring substituents is 1. The van der Waals surface area contributed by atoms with E-state index in [1.165, 1.54) is 42.6 Å². The van der Waals surface area contributed by atoms with Crippen molar-refractivity contribution in [3.8, 4) is 5.75 Å². The number of fused-ring (bicyclic) bond motifs is 1. The number of rotatable bonds is 7. The minimum atomic E-state index is -0.604. The Morgan fingerprint density at radius 1 is 1.12 bits per heavy atom. The van der Waals surface area contributed by atoms with E-state index < -0.39 is 10.8 Å². The number of carbonyl (C=O) groups excluding carboxylic acids is 1. The number of nitro groups is 1. The monoisotopic (exact) mass is 589 g/mol. The van der Waals surface area contributed by atoms with Crippen LogP contribution in [0.25, 0.3) is 11.0 Å². The Kier molecular flexibility index (Phi) is 7.03. The maximum Gasteiger partial charge on any atom is 0.307 e. The van der Waals surface area contributed by atoms with Gasteiger partial charge < -0.3 is 9.15 Å². The van der Waals surface area contributed by atoms with Gasteiger partial charge in [0.1, 0.15) is 23.8 Å². The van der Waals surface area contributed by atoms with Gasteiger partial charge in [-0.05, 0) is 79.4 Å². The highest BCUT2D eigenvalue weighted by Gasteiger charge is 2.15.